The van der Waals surface area contributed by atoms with Crippen LogP contribution in [0.4, 0.5) is 17.1 Å². The van der Waals surface area contributed by atoms with Crippen LogP contribution in [0, 0.1) is 10.1 Å². The molecule has 1 fully saturated rings. The Kier molecular flexibility index (Phi) is 6.10. The van der Waals surface area contributed by atoms with Crippen molar-refractivity contribution in [2.75, 3.05) is 43.5 Å². The summed E-state index contributed by atoms with van der Waals surface area (Å²) in [5.74, 6) is 0.150. The molecule has 0 aromatic heterocycles. The van der Waals surface area contributed by atoms with E-state index in [4.69, 9.17) is 4.74 Å². The number of benzene rings is 2. The predicted molar refractivity (Wildman–Crippen MR) is 107 cm³/mol. The molecule has 0 unspecified atom stereocenters. The fraction of sp³-hybridized carbons (Fsp3) is 0.350. The van der Waals surface area contributed by atoms with Crippen LogP contribution in [0.5, 0.6) is 5.75 Å². The first-order chi connectivity index (χ1) is 13.5. The van der Waals surface area contributed by atoms with Crippen molar-refractivity contribution in [3.05, 3.63) is 58.6 Å². The maximum Gasteiger partial charge on any atom is 0.296 e. The summed E-state index contributed by atoms with van der Waals surface area (Å²) in [4.78, 5) is 27.0. The average molecular weight is 385 g/mol. The number of nitrogens with one attached hydrogen (secondary N) is 2. The molecule has 1 amide bonds. The largest absolute Gasteiger partial charge is 0.496 e. The van der Waals surface area contributed by atoms with Crippen molar-refractivity contribution in [2.24, 2.45) is 0 Å². The molecule has 148 valence electrons. The number of carbonyl (C=O) groups is 1. The Bertz CT molecular complexity index is 835. The van der Waals surface area contributed by atoms with E-state index in [-0.39, 0.29) is 23.3 Å². The molecule has 8 nitrogen and oxygen atoms in total. The van der Waals surface area contributed by atoms with Crippen LogP contribution in [0.1, 0.15) is 6.92 Å². The van der Waals surface area contributed by atoms with E-state index in [1.165, 1.54) is 29.8 Å². The van der Waals surface area contributed by atoms with Gasteiger partial charge in [0.15, 0.2) is 6.04 Å². The molecule has 0 bridgehead atoms. The topological polar surface area (TPSA) is 89.2 Å². The SMILES string of the molecule is COc1ccc(NC(=O)[C@@H](C)[NH+]2CCN(c3ccccc3)CC2)c([N+](=O)[O-])c1. The molecule has 8 heteroatoms. The summed E-state index contributed by atoms with van der Waals surface area (Å²) in [6.07, 6.45) is 0. The van der Waals surface area contributed by atoms with Gasteiger partial charge in [0.1, 0.15) is 11.4 Å². The Balaban J connectivity index is 1.62. The van der Waals surface area contributed by atoms with Crippen LogP contribution in [0.25, 0.3) is 0 Å². The molecule has 1 atom stereocenters. The Morgan fingerprint density at radius 2 is 1.89 bits per heavy atom. The lowest BCUT2D eigenvalue weighted by Gasteiger charge is -2.36. The van der Waals surface area contributed by atoms with E-state index < -0.39 is 4.92 Å². The molecule has 0 spiro atoms. The smallest absolute Gasteiger partial charge is 0.296 e. The molecule has 0 aliphatic carbocycles. The van der Waals surface area contributed by atoms with E-state index in [0.29, 0.717) is 5.75 Å². The number of quaternary nitrogens is 1. The number of carbonyl (C=O) groups excluding carboxylic acids is 1. The molecule has 1 saturated heterocycles. The molecule has 28 heavy (non-hydrogen) atoms. The number of anilines is 2. The van der Waals surface area contributed by atoms with Gasteiger partial charge in [-0.2, -0.15) is 0 Å². The lowest BCUT2D eigenvalue weighted by atomic mass is 10.2. The minimum Gasteiger partial charge on any atom is -0.496 e. The van der Waals surface area contributed by atoms with E-state index in [0.717, 1.165) is 26.2 Å². The molecular weight excluding hydrogens is 360 g/mol. The van der Waals surface area contributed by atoms with Crippen LogP contribution < -0.4 is 19.9 Å². The highest BCUT2D eigenvalue weighted by Gasteiger charge is 2.30. The van der Waals surface area contributed by atoms with Crippen molar-refractivity contribution in [1.82, 2.24) is 0 Å². The average Bonchev–Trinajstić information content (AvgIpc) is 2.74. The number of nitrogens with zero attached hydrogens (tertiary/aromatic N) is 2. The van der Waals surface area contributed by atoms with E-state index in [2.05, 4.69) is 22.3 Å². The lowest BCUT2D eigenvalue weighted by Crippen LogP contribution is -3.19. The maximum atomic E-state index is 12.7. The van der Waals surface area contributed by atoms with Crippen LogP contribution in [-0.4, -0.2) is 50.2 Å². The zero-order valence-electron chi connectivity index (χ0n) is 16.1. The van der Waals surface area contributed by atoms with Crippen LogP contribution in [0.15, 0.2) is 48.5 Å². The molecule has 0 saturated carbocycles. The summed E-state index contributed by atoms with van der Waals surface area (Å²) < 4.78 is 5.03. The molecule has 2 N–H and O–H groups in total. The van der Waals surface area contributed by atoms with Crippen molar-refractivity contribution < 1.29 is 19.4 Å². The summed E-state index contributed by atoms with van der Waals surface area (Å²) in [5.41, 5.74) is 1.20. The second-order valence-corrected chi connectivity index (χ2v) is 6.83. The summed E-state index contributed by atoms with van der Waals surface area (Å²) in [5, 5.41) is 14.0. The highest BCUT2D eigenvalue weighted by Crippen LogP contribution is 2.28. The van der Waals surface area contributed by atoms with E-state index in [1.54, 1.807) is 6.07 Å². The first-order valence-corrected chi connectivity index (χ1v) is 9.27. The number of para-hydroxylation sites is 1. The van der Waals surface area contributed by atoms with Gasteiger partial charge in [0.05, 0.1) is 44.3 Å². The van der Waals surface area contributed by atoms with E-state index >= 15 is 0 Å². The van der Waals surface area contributed by atoms with Gasteiger partial charge in [0.2, 0.25) is 0 Å². The van der Waals surface area contributed by atoms with Gasteiger partial charge in [-0.25, -0.2) is 0 Å². The zero-order valence-corrected chi connectivity index (χ0v) is 16.1. The van der Waals surface area contributed by atoms with Gasteiger partial charge in [0, 0.05) is 5.69 Å². The van der Waals surface area contributed by atoms with Crippen LogP contribution in [0.3, 0.4) is 0 Å². The van der Waals surface area contributed by atoms with Crippen LogP contribution in [0.2, 0.25) is 0 Å². The van der Waals surface area contributed by atoms with E-state index in [9.17, 15) is 14.9 Å². The predicted octanol–water partition coefficient (Wildman–Crippen LogP) is 1.34. The minimum absolute atomic E-state index is 0.177. The lowest BCUT2D eigenvalue weighted by molar-refractivity contribution is -0.914. The standard InChI is InChI=1S/C20H24N4O4/c1-15(22-10-12-23(13-11-22)16-6-4-3-5-7-16)20(25)21-18-9-8-17(28-2)14-19(18)24(26)27/h3-9,14-15H,10-13H2,1-2H3,(H,21,25)/p+1/t15-/m1/s1. The highest BCUT2D eigenvalue weighted by atomic mass is 16.6. The van der Waals surface area contributed by atoms with Gasteiger partial charge >= 0.3 is 0 Å². The van der Waals surface area contributed by atoms with Gasteiger partial charge in [-0.1, -0.05) is 18.2 Å². The summed E-state index contributed by atoms with van der Waals surface area (Å²) in [7, 11) is 1.44. The van der Waals surface area contributed by atoms with Crippen LogP contribution in [-0.2, 0) is 4.79 Å². The van der Waals surface area contributed by atoms with Gasteiger partial charge in [-0.3, -0.25) is 14.9 Å². The Labute approximate surface area is 163 Å². The quantitative estimate of drug-likeness (QED) is 0.579. The Morgan fingerprint density at radius 1 is 1.21 bits per heavy atom. The van der Waals surface area contributed by atoms with Gasteiger partial charge in [-0.15, -0.1) is 0 Å². The minimum atomic E-state index is -0.520. The summed E-state index contributed by atoms with van der Waals surface area (Å²) in [6.45, 7) is 5.24. The number of piperazine rings is 1. The fourth-order valence-corrected chi connectivity index (χ4v) is 3.45. The summed E-state index contributed by atoms with van der Waals surface area (Å²) in [6, 6.07) is 14.3. The normalized spacial score (nSPS) is 15.7. The maximum absolute atomic E-state index is 12.7. The number of nitro benzene ring substituents is 1. The van der Waals surface area contributed by atoms with Crippen molar-refractivity contribution >= 4 is 23.0 Å². The Hall–Kier alpha value is -3.13. The molecule has 2 aromatic rings. The number of hydrogen-bond donors (Lipinski definition) is 2. The van der Waals surface area contributed by atoms with Gasteiger partial charge < -0.3 is 19.9 Å². The number of hydrogen-bond acceptors (Lipinski definition) is 5. The monoisotopic (exact) mass is 385 g/mol. The third-order valence-electron chi connectivity index (χ3n) is 5.19. The van der Waals surface area contributed by atoms with Crippen molar-refractivity contribution in [3.8, 4) is 5.75 Å². The van der Waals surface area contributed by atoms with Crippen molar-refractivity contribution in [1.29, 1.82) is 0 Å². The number of rotatable bonds is 6. The molecule has 0 radical (unpaired) electrons. The van der Waals surface area contributed by atoms with Crippen molar-refractivity contribution in [3.63, 3.8) is 0 Å². The molecular formula is C20H25N4O4+. The highest BCUT2D eigenvalue weighted by molar-refractivity contribution is 5.95. The summed E-state index contributed by atoms with van der Waals surface area (Å²) >= 11 is 0. The fourth-order valence-electron chi connectivity index (χ4n) is 3.45. The van der Waals surface area contributed by atoms with E-state index in [1.807, 2.05) is 25.1 Å². The second-order valence-electron chi connectivity index (χ2n) is 6.83. The van der Waals surface area contributed by atoms with Gasteiger partial charge in [0.25, 0.3) is 11.6 Å². The molecule has 2 aromatic carbocycles. The Morgan fingerprint density at radius 3 is 2.50 bits per heavy atom. The zero-order chi connectivity index (χ0) is 20.1. The number of nitro groups is 1. The molecule has 1 heterocycles. The van der Waals surface area contributed by atoms with Crippen molar-refractivity contribution in [2.45, 2.75) is 13.0 Å². The number of ether oxygens (including phenoxy) is 1. The first-order valence-electron chi connectivity index (χ1n) is 9.27. The van der Waals surface area contributed by atoms with Gasteiger partial charge in [-0.05, 0) is 31.2 Å². The molecule has 1 aliphatic heterocycles. The number of methoxy groups -OCH3 is 1. The molecule has 1 aliphatic rings. The van der Waals surface area contributed by atoms with Crippen LogP contribution >= 0.6 is 0 Å². The third kappa shape index (κ3) is 4.40. The third-order valence-corrected chi connectivity index (χ3v) is 5.19. The first kappa shape index (κ1) is 19.6. The second kappa shape index (κ2) is 8.71. The molecule has 3 rings (SSSR count). The number of amides is 1.